The van der Waals surface area contributed by atoms with Crippen molar-refractivity contribution >= 4 is 17.7 Å². The summed E-state index contributed by atoms with van der Waals surface area (Å²) in [6, 6.07) is 7.11. The molecular weight excluding hydrogens is 503 g/mol. The number of unbranched alkanes of at least 4 members (excludes halogenated alkanes) is 1. The van der Waals surface area contributed by atoms with Crippen molar-refractivity contribution in [1.82, 2.24) is 15.2 Å². The number of rotatable bonds is 16. The average Bonchev–Trinajstić information content (AvgIpc) is 2.91. The van der Waals surface area contributed by atoms with Gasteiger partial charge in [-0.2, -0.15) is 0 Å². The van der Waals surface area contributed by atoms with Crippen LogP contribution in [0.4, 0.5) is 10.2 Å². The van der Waals surface area contributed by atoms with Crippen LogP contribution in [-0.4, -0.2) is 78.9 Å². The van der Waals surface area contributed by atoms with Crippen LogP contribution in [0, 0.1) is 5.82 Å². The molecule has 214 valence electrons. The quantitative estimate of drug-likeness (QED) is 0.273. The number of nitrogens with one attached hydrogen (secondary N) is 2. The van der Waals surface area contributed by atoms with Crippen LogP contribution in [0.15, 0.2) is 30.3 Å². The molecule has 0 saturated carbocycles. The monoisotopic (exact) mass is 544 g/mol. The largest absolute Gasteiger partial charge is 0.496 e. The summed E-state index contributed by atoms with van der Waals surface area (Å²) in [5.41, 5.74) is 2.03. The molecule has 1 aliphatic heterocycles. The maximum absolute atomic E-state index is 14.3. The predicted octanol–water partition coefficient (Wildman–Crippen LogP) is 3.91. The molecule has 1 aromatic carbocycles. The Morgan fingerprint density at radius 3 is 2.74 bits per heavy atom. The van der Waals surface area contributed by atoms with E-state index in [0.29, 0.717) is 19.7 Å². The molecule has 0 radical (unpaired) electrons. The number of methoxy groups -OCH3 is 1. The third-order valence-corrected chi connectivity index (χ3v) is 6.73. The third kappa shape index (κ3) is 9.47. The van der Waals surface area contributed by atoms with Gasteiger partial charge in [-0.05, 0) is 82.7 Å². The van der Waals surface area contributed by atoms with Gasteiger partial charge in [-0.25, -0.2) is 14.2 Å². The third-order valence-electron chi connectivity index (χ3n) is 6.73. The molecule has 1 atom stereocenters. The molecule has 2 heterocycles. The number of nitrogens with zero attached hydrogens (tertiary/aromatic N) is 2. The zero-order chi connectivity index (χ0) is 28.2. The molecule has 3 N–H and O–H groups in total. The minimum atomic E-state index is -1.18. The molecule has 39 heavy (non-hydrogen) atoms. The van der Waals surface area contributed by atoms with Gasteiger partial charge in [-0.15, -0.1) is 0 Å². The van der Waals surface area contributed by atoms with Crippen molar-refractivity contribution in [1.29, 1.82) is 0 Å². The van der Waals surface area contributed by atoms with Crippen LogP contribution in [0.2, 0.25) is 0 Å². The molecule has 9 nitrogen and oxygen atoms in total. The van der Waals surface area contributed by atoms with Crippen LogP contribution < -0.4 is 15.4 Å². The van der Waals surface area contributed by atoms with Crippen molar-refractivity contribution in [2.45, 2.75) is 64.5 Å². The summed E-state index contributed by atoms with van der Waals surface area (Å²) in [4.78, 5) is 31.6. The first-order valence-corrected chi connectivity index (χ1v) is 13.7. The molecule has 0 bridgehead atoms. The van der Waals surface area contributed by atoms with Crippen LogP contribution in [-0.2, 0) is 22.4 Å². The number of carbonyl (C=O) groups is 2. The highest BCUT2D eigenvalue weighted by atomic mass is 19.1. The van der Waals surface area contributed by atoms with Crippen LogP contribution in [0.5, 0.6) is 5.75 Å². The lowest BCUT2D eigenvalue weighted by Crippen LogP contribution is -2.44. The van der Waals surface area contributed by atoms with Gasteiger partial charge in [0.1, 0.15) is 29.0 Å². The lowest BCUT2D eigenvalue weighted by molar-refractivity contribution is -0.139. The molecule has 0 saturated heterocycles. The number of aromatic nitrogens is 1. The smallest absolute Gasteiger partial charge is 0.326 e. The van der Waals surface area contributed by atoms with Gasteiger partial charge in [0.15, 0.2) is 0 Å². The maximum Gasteiger partial charge on any atom is 0.326 e. The van der Waals surface area contributed by atoms with Gasteiger partial charge in [-0.1, -0.05) is 12.1 Å². The highest BCUT2D eigenvalue weighted by Gasteiger charge is 2.25. The minimum Gasteiger partial charge on any atom is -0.496 e. The van der Waals surface area contributed by atoms with E-state index in [9.17, 15) is 19.1 Å². The van der Waals surface area contributed by atoms with E-state index >= 15 is 0 Å². The van der Waals surface area contributed by atoms with E-state index in [-0.39, 0.29) is 23.8 Å². The molecule has 1 aromatic heterocycles. The minimum absolute atomic E-state index is 0.0493. The van der Waals surface area contributed by atoms with Crippen molar-refractivity contribution < 1.29 is 28.6 Å². The van der Waals surface area contributed by atoms with E-state index in [1.807, 2.05) is 13.8 Å². The molecule has 10 heteroatoms. The lowest BCUT2D eigenvalue weighted by atomic mass is 10.1. The summed E-state index contributed by atoms with van der Waals surface area (Å²) >= 11 is 0. The molecule has 0 fully saturated rings. The Bertz CT molecular complexity index is 1100. The molecule has 1 unspecified atom stereocenters. The second-order valence-corrected chi connectivity index (χ2v) is 10.0. The van der Waals surface area contributed by atoms with Crippen molar-refractivity contribution in [2.75, 3.05) is 45.2 Å². The van der Waals surface area contributed by atoms with Crippen molar-refractivity contribution in [3.63, 3.8) is 0 Å². The summed E-state index contributed by atoms with van der Waals surface area (Å²) < 4.78 is 25.1. The van der Waals surface area contributed by atoms with E-state index in [2.05, 4.69) is 27.7 Å². The number of hydrogen-bond donors (Lipinski definition) is 3. The van der Waals surface area contributed by atoms with E-state index < -0.39 is 23.7 Å². The number of ether oxygens (including phenoxy) is 2. The molecule has 0 spiro atoms. The number of aryl methyl sites for hydroxylation is 2. The van der Waals surface area contributed by atoms with E-state index in [1.165, 1.54) is 24.8 Å². The number of amides is 1. The topological polar surface area (TPSA) is 113 Å². The van der Waals surface area contributed by atoms with Crippen LogP contribution in [0.1, 0.15) is 61.1 Å². The highest BCUT2D eigenvalue weighted by Crippen LogP contribution is 2.22. The van der Waals surface area contributed by atoms with Gasteiger partial charge in [0.25, 0.3) is 5.91 Å². The number of anilines is 1. The average molecular weight is 545 g/mol. The Labute approximate surface area is 230 Å². The van der Waals surface area contributed by atoms with Crippen molar-refractivity contribution in [2.24, 2.45) is 0 Å². The number of carboxylic acids is 1. The SMILES string of the molecule is COc1cccc(F)c1C(=O)NC(CCN(CCCCc1ccc2c(n1)NCCC2)CCOC(C)C)C(=O)O. The van der Waals surface area contributed by atoms with Crippen LogP contribution >= 0.6 is 0 Å². The Hall–Kier alpha value is -3.24. The molecular formula is C29H41FN4O5. The summed E-state index contributed by atoms with van der Waals surface area (Å²) in [5.74, 6) is -1.72. The molecule has 2 aromatic rings. The van der Waals surface area contributed by atoms with E-state index in [1.54, 1.807) is 0 Å². The van der Waals surface area contributed by atoms with Gasteiger partial charge < -0.3 is 30.1 Å². The van der Waals surface area contributed by atoms with Gasteiger partial charge >= 0.3 is 5.97 Å². The Morgan fingerprint density at radius 2 is 2.00 bits per heavy atom. The zero-order valence-electron chi connectivity index (χ0n) is 23.2. The second kappa shape index (κ2) is 15.4. The fraction of sp³-hybridized carbons (Fsp3) is 0.552. The molecule has 0 aliphatic carbocycles. The van der Waals surface area contributed by atoms with Crippen molar-refractivity contribution in [3.05, 3.63) is 53.0 Å². The predicted molar refractivity (Wildman–Crippen MR) is 148 cm³/mol. The standard InChI is InChI=1S/C29H41FN4O5/c1-20(2)39-19-18-34(16-5-4-9-22-13-12-21-8-7-15-31-27(21)32-22)17-14-24(29(36)37)33-28(35)26-23(30)10-6-11-25(26)38-3/h6,10-13,20,24H,4-5,7-9,14-19H2,1-3H3,(H,31,32)(H,33,35)(H,36,37). The fourth-order valence-corrected chi connectivity index (χ4v) is 4.60. The number of aliphatic carboxylic acids is 1. The molecule has 1 aliphatic rings. The summed E-state index contributed by atoms with van der Waals surface area (Å²) in [7, 11) is 1.33. The number of hydrogen-bond acceptors (Lipinski definition) is 7. The van der Waals surface area contributed by atoms with E-state index in [0.717, 1.165) is 62.8 Å². The first-order chi connectivity index (χ1) is 18.8. The fourth-order valence-electron chi connectivity index (χ4n) is 4.60. The first kappa shape index (κ1) is 30.3. The van der Waals surface area contributed by atoms with Gasteiger partial charge in [0.05, 0.1) is 19.8 Å². The highest BCUT2D eigenvalue weighted by molar-refractivity contribution is 5.99. The number of pyridine rings is 1. The first-order valence-electron chi connectivity index (χ1n) is 13.7. The summed E-state index contributed by atoms with van der Waals surface area (Å²) in [5, 5.41) is 15.6. The number of fused-ring (bicyclic) bond motifs is 1. The molecule has 1 amide bonds. The number of benzene rings is 1. The van der Waals surface area contributed by atoms with Gasteiger partial charge in [-0.3, -0.25) is 4.79 Å². The number of carbonyl (C=O) groups excluding carboxylic acids is 1. The normalized spacial score (nSPS) is 13.6. The van der Waals surface area contributed by atoms with Gasteiger partial charge in [0, 0.05) is 25.3 Å². The Balaban J connectivity index is 1.55. The lowest BCUT2D eigenvalue weighted by Gasteiger charge is -2.25. The summed E-state index contributed by atoms with van der Waals surface area (Å²) in [6.45, 7) is 7.26. The van der Waals surface area contributed by atoms with E-state index in [4.69, 9.17) is 14.5 Å². The van der Waals surface area contributed by atoms with Crippen LogP contribution in [0.25, 0.3) is 0 Å². The zero-order valence-corrected chi connectivity index (χ0v) is 23.2. The second-order valence-electron chi connectivity index (χ2n) is 10.0. The molecule has 3 rings (SSSR count). The Kier molecular flexibility index (Phi) is 11.9. The number of halogens is 1. The summed E-state index contributed by atoms with van der Waals surface area (Å²) in [6.07, 6.45) is 5.17. The maximum atomic E-state index is 14.3. The Morgan fingerprint density at radius 1 is 1.18 bits per heavy atom. The van der Waals surface area contributed by atoms with Crippen LogP contribution in [0.3, 0.4) is 0 Å². The number of carboxylic acid groups (broad SMARTS) is 1. The van der Waals surface area contributed by atoms with Crippen molar-refractivity contribution in [3.8, 4) is 5.75 Å². The van der Waals surface area contributed by atoms with Gasteiger partial charge in [0.2, 0.25) is 0 Å².